The number of hydrogen-bond donors (Lipinski definition) is 1. The van der Waals surface area contributed by atoms with Gasteiger partial charge in [0.1, 0.15) is 5.82 Å². The number of thiazole rings is 1. The van der Waals surface area contributed by atoms with E-state index < -0.39 is 0 Å². The predicted octanol–water partition coefficient (Wildman–Crippen LogP) is 4.84. The van der Waals surface area contributed by atoms with E-state index in [-0.39, 0.29) is 11.2 Å². The number of benzene rings is 2. The summed E-state index contributed by atoms with van der Waals surface area (Å²) in [5, 5.41) is 3.24. The Labute approximate surface area is 206 Å². The van der Waals surface area contributed by atoms with Crippen LogP contribution in [0.5, 0.6) is 0 Å². The van der Waals surface area contributed by atoms with E-state index in [1.54, 1.807) is 11.6 Å². The van der Waals surface area contributed by atoms with Gasteiger partial charge in [0.2, 0.25) is 0 Å². The van der Waals surface area contributed by atoms with E-state index in [2.05, 4.69) is 14.8 Å². The van der Waals surface area contributed by atoms with Crippen LogP contribution >= 0.6 is 22.9 Å². The highest BCUT2D eigenvalue weighted by Gasteiger charge is 2.22. The zero-order valence-corrected chi connectivity index (χ0v) is 20.4. The minimum Gasteiger partial charge on any atom is -0.375 e. The third-order valence-electron chi connectivity index (χ3n) is 6.32. The van der Waals surface area contributed by atoms with Crippen molar-refractivity contribution < 1.29 is 4.39 Å². The van der Waals surface area contributed by atoms with Gasteiger partial charge in [-0.15, -0.1) is 11.3 Å². The second-order valence-electron chi connectivity index (χ2n) is 8.44. The van der Waals surface area contributed by atoms with Gasteiger partial charge in [-0.05, 0) is 36.8 Å². The van der Waals surface area contributed by atoms with Crippen LogP contribution in [0.25, 0.3) is 22.2 Å². The predicted molar refractivity (Wildman–Crippen MR) is 138 cm³/mol. The Morgan fingerprint density at radius 2 is 1.88 bits per heavy atom. The van der Waals surface area contributed by atoms with Gasteiger partial charge in [0.15, 0.2) is 10.6 Å². The van der Waals surface area contributed by atoms with Crippen LogP contribution in [0.15, 0.2) is 52.8 Å². The lowest BCUT2D eigenvalue weighted by Gasteiger charge is -2.36. The molecule has 0 bridgehead atoms. The molecule has 0 atom stereocenters. The zero-order valence-electron chi connectivity index (χ0n) is 18.8. The Morgan fingerprint density at radius 3 is 2.53 bits per heavy atom. The summed E-state index contributed by atoms with van der Waals surface area (Å²) in [5.41, 5.74) is 8.95. The summed E-state index contributed by atoms with van der Waals surface area (Å²) in [6.07, 6.45) is 1.80. The van der Waals surface area contributed by atoms with Crippen molar-refractivity contribution in [1.82, 2.24) is 14.5 Å². The van der Waals surface area contributed by atoms with E-state index in [0.29, 0.717) is 47.1 Å². The number of halogens is 2. The lowest BCUT2D eigenvalue weighted by molar-refractivity contribution is 0.249. The number of pyridine rings is 1. The summed E-state index contributed by atoms with van der Waals surface area (Å²) in [6.45, 7) is 6.55. The molecule has 0 radical (unpaired) electrons. The highest BCUT2D eigenvalue weighted by Crippen LogP contribution is 2.29. The summed E-state index contributed by atoms with van der Waals surface area (Å²) in [7, 11) is 0. The molecule has 5 rings (SSSR count). The monoisotopic (exact) mass is 497 g/mol. The summed E-state index contributed by atoms with van der Waals surface area (Å²) >= 11 is 7.27. The molecule has 1 aliphatic heterocycles. The molecule has 2 N–H and O–H groups in total. The Bertz CT molecular complexity index is 1390. The molecule has 3 heterocycles. The van der Waals surface area contributed by atoms with Crippen LogP contribution in [0, 0.1) is 5.82 Å². The molecule has 0 unspecified atom stereocenters. The number of aromatic nitrogens is 2. The standard InChI is InChI=1S/C25H25ClFN5OS/c1-2-31-14-19(21-15-34-25(28)29-21)24(33)18-11-20(27)23(12-22(18)31)32-9-7-30(8-10-32)13-16-3-5-17(26)6-4-16/h3-6,11-12,14-15H,2,7-10,13H2,1H3,(H2,28,29). The molecule has 0 spiro atoms. The van der Waals surface area contributed by atoms with Crippen LogP contribution in [0.4, 0.5) is 15.2 Å². The molecule has 0 aliphatic carbocycles. The van der Waals surface area contributed by atoms with Crippen molar-refractivity contribution in [3.8, 4) is 11.3 Å². The van der Waals surface area contributed by atoms with Gasteiger partial charge in [0.25, 0.3) is 0 Å². The quantitative estimate of drug-likeness (QED) is 0.427. The molecular weight excluding hydrogens is 473 g/mol. The number of nitrogens with zero attached hydrogens (tertiary/aromatic N) is 4. The van der Waals surface area contributed by atoms with E-state index >= 15 is 4.39 Å². The molecular formula is C25H25ClFN5OS. The van der Waals surface area contributed by atoms with E-state index in [0.717, 1.165) is 30.2 Å². The fourth-order valence-corrected chi connectivity index (χ4v) is 5.18. The third-order valence-corrected chi connectivity index (χ3v) is 7.25. The first-order valence-electron chi connectivity index (χ1n) is 11.2. The number of nitrogens with two attached hydrogens (primary N) is 1. The first-order chi connectivity index (χ1) is 16.4. The van der Waals surface area contributed by atoms with E-state index in [1.165, 1.54) is 23.0 Å². The first-order valence-corrected chi connectivity index (χ1v) is 12.5. The summed E-state index contributed by atoms with van der Waals surface area (Å²) in [5.74, 6) is -0.381. The van der Waals surface area contributed by atoms with Crippen LogP contribution in [0.3, 0.4) is 0 Å². The summed E-state index contributed by atoms with van der Waals surface area (Å²) in [6, 6.07) is 11.1. The van der Waals surface area contributed by atoms with Gasteiger partial charge in [-0.3, -0.25) is 9.69 Å². The van der Waals surface area contributed by atoms with Gasteiger partial charge in [0, 0.05) is 61.3 Å². The number of anilines is 2. The molecule has 0 amide bonds. The average molecular weight is 498 g/mol. The highest BCUT2D eigenvalue weighted by molar-refractivity contribution is 7.13. The van der Waals surface area contributed by atoms with Crippen molar-refractivity contribution in [3.63, 3.8) is 0 Å². The Morgan fingerprint density at radius 1 is 1.15 bits per heavy atom. The highest BCUT2D eigenvalue weighted by atomic mass is 35.5. The van der Waals surface area contributed by atoms with Crippen LogP contribution in [0.2, 0.25) is 5.02 Å². The number of aryl methyl sites for hydroxylation is 1. The maximum atomic E-state index is 15.3. The number of rotatable bonds is 5. The molecule has 34 heavy (non-hydrogen) atoms. The average Bonchev–Trinajstić information content (AvgIpc) is 3.27. The second-order valence-corrected chi connectivity index (χ2v) is 9.77. The number of fused-ring (bicyclic) bond motifs is 1. The molecule has 1 fully saturated rings. The molecule has 2 aromatic carbocycles. The van der Waals surface area contributed by atoms with E-state index in [4.69, 9.17) is 17.3 Å². The van der Waals surface area contributed by atoms with Gasteiger partial charge in [0.05, 0.1) is 22.5 Å². The van der Waals surface area contributed by atoms with Crippen molar-refractivity contribution >= 4 is 44.7 Å². The minimum atomic E-state index is -0.381. The molecule has 6 nitrogen and oxygen atoms in total. The van der Waals surface area contributed by atoms with Crippen LogP contribution < -0.4 is 16.1 Å². The Balaban J connectivity index is 1.42. The largest absolute Gasteiger partial charge is 0.375 e. The normalized spacial score (nSPS) is 14.7. The molecule has 0 saturated carbocycles. The lowest BCUT2D eigenvalue weighted by atomic mass is 10.1. The van der Waals surface area contributed by atoms with Gasteiger partial charge < -0.3 is 15.2 Å². The minimum absolute atomic E-state index is 0.233. The fraction of sp³-hybridized carbons (Fsp3) is 0.280. The van der Waals surface area contributed by atoms with Crippen molar-refractivity contribution in [2.45, 2.75) is 20.0 Å². The molecule has 2 aromatic heterocycles. The summed E-state index contributed by atoms with van der Waals surface area (Å²) in [4.78, 5) is 21.9. The van der Waals surface area contributed by atoms with Crippen molar-refractivity contribution in [2.24, 2.45) is 0 Å². The number of hydrogen-bond acceptors (Lipinski definition) is 6. The van der Waals surface area contributed by atoms with Gasteiger partial charge in [-0.2, -0.15) is 0 Å². The molecule has 9 heteroatoms. The smallest absolute Gasteiger partial charge is 0.198 e. The van der Waals surface area contributed by atoms with Crippen LogP contribution in [0.1, 0.15) is 12.5 Å². The van der Waals surface area contributed by atoms with Crippen LogP contribution in [-0.4, -0.2) is 40.6 Å². The summed E-state index contributed by atoms with van der Waals surface area (Å²) < 4.78 is 17.3. The van der Waals surface area contributed by atoms with Gasteiger partial charge in [-0.1, -0.05) is 23.7 Å². The van der Waals surface area contributed by atoms with Crippen molar-refractivity contribution in [2.75, 3.05) is 36.8 Å². The van der Waals surface area contributed by atoms with Gasteiger partial charge in [-0.25, -0.2) is 9.37 Å². The van der Waals surface area contributed by atoms with Gasteiger partial charge >= 0.3 is 0 Å². The molecule has 4 aromatic rings. The van der Waals surface area contributed by atoms with Crippen molar-refractivity contribution in [3.05, 3.63) is 74.6 Å². The maximum Gasteiger partial charge on any atom is 0.198 e. The molecule has 176 valence electrons. The first kappa shape index (κ1) is 22.8. The number of nitrogen functional groups attached to an aromatic ring is 1. The lowest BCUT2D eigenvalue weighted by Crippen LogP contribution is -2.46. The zero-order chi connectivity index (χ0) is 23.8. The number of piperazine rings is 1. The molecule has 1 saturated heterocycles. The van der Waals surface area contributed by atoms with E-state index in [9.17, 15) is 4.79 Å². The Kier molecular flexibility index (Phi) is 6.29. The second kappa shape index (κ2) is 9.37. The topological polar surface area (TPSA) is 67.4 Å². The fourth-order valence-electron chi connectivity index (χ4n) is 4.49. The third kappa shape index (κ3) is 4.41. The SMILES string of the molecule is CCn1cc(-c2csc(N)n2)c(=O)c2cc(F)c(N3CCN(Cc4ccc(Cl)cc4)CC3)cc21. The maximum absolute atomic E-state index is 15.3. The molecule has 1 aliphatic rings. The van der Waals surface area contributed by atoms with E-state index in [1.807, 2.05) is 41.8 Å². The van der Waals surface area contributed by atoms with Crippen molar-refractivity contribution in [1.29, 1.82) is 0 Å². The van der Waals surface area contributed by atoms with Crippen LogP contribution in [-0.2, 0) is 13.1 Å². The Hall–Kier alpha value is -2.94.